The minimum absolute atomic E-state index is 0.115. The zero-order valence-electron chi connectivity index (χ0n) is 22.7. The number of halogens is 1. The number of unbranched alkanes of at least 4 members (excludes halogenated alkanes) is 3. The summed E-state index contributed by atoms with van der Waals surface area (Å²) in [6.07, 6.45) is 4.49. The molecule has 3 saturated heterocycles. The van der Waals surface area contributed by atoms with Crippen molar-refractivity contribution in [2.24, 2.45) is 11.8 Å². The predicted octanol–water partition coefficient (Wildman–Crippen LogP) is 2.27. The highest BCUT2D eigenvalue weighted by Gasteiger charge is 2.77. The van der Waals surface area contributed by atoms with Crippen molar-refractivity contribution in [2.75, 3.05) is 26.3 Å². The molecule has 1 aromatic carbocycles. The summed E-state index contributed by atoms with van der Waals surface area (Å²) in [5, 5.41) is 17.6. The number of hydrogen-bond acceptors (Lipinski definition) is 8. The van der Waals surface area contributed by atoms with Gasteiger partial charge in [-0.05, 0) is 38.3 Å². The number of alkyl halides is 1. The van der Waals surface area contributed by atoms with Crippen LogP contribution in [0.25, 0.3) is 11.0 Å². The zero-order valence-corrected chi connectivity index (χ0v) is 24.2. The number of hydrogen-bond donors (Lipinski definition) is 1. The third-order valence-corrected chi connectivity index (χ3v) is 9.12. The Hall–Kier alpha value is -2.83. The summed E-state index contributed by atoms with van der Waals surface area (Å²) in [5.41, 5.74) is 0.341. The summed E-state index contributed by atoms with van der Waals surface area (Å²) >= 11 is 3.68. The van der Waals surface area contributed by atoms with Gasteiger partial charge in [0.2, 0.25) is 11.8 Å². The molecule has 5 rings (SSSR count). The van der Waals surface area contributed by atoms with E-state index in [0.717, 1.165) is 18.4 Å². The monoisotopic (exact) mass is 617 g/mol. The van der Waals surface area contributed by atoms with Gasteiger partial charge in [-0.3, -0.25) is 14.4 Å². The molecule has 4 heterocycles. The molecule has 6 atom stereocenters. The Balaban J connectivity index is 1.49. The van der Waals surface area contributed by atoms with Crippen molar-refractivity contribution in [2.45, 2.75) is 68.3 Å². The number of para-hydroxylation sites is 1. The number of carbonyl (C=O) groups excluding carboxylic acids is 3. The third-order valence-electron chi connectivity index (χ3n) is 8.28. The van der Waals surface area contributed by atoms with E-state index in [0.29, 0.717) is 31.3 Å². The second kappa shape index (κ2) is 12.0. The van der Waals surface area contributed by atoms with Crippen molar-refractivity contribution in [1.82, 2.24) is 24.8 Å². The molecule has 2 aromatic rings. The minimum atomic E-state index is -1.15. The lowest BCUT2D eigenvalue weighted by Crippen LogP contribution is -2.57. The first-order chi connectivity index (χ1) is 19.4. The van der Waals surface area contributed by atoms with Crippen molar-refractivity contribution in [1.29, 1.82) is 0 Å². The lowest BCUT2D eigenvalue weighted by Gasteiger charge is -2.37. The van der Waals surface area contributed by atoms with E-state index in [9.17, 15) is 14.4 Å². The molecule has 1 N–H and O–H groups in total. The van der Waals surface area contributed by atoms with Crippen LogP contribution in [0.5, 0.6) is 0 Å². The van der Waals surface area contributed by atoms with Crippen LogP contribution in [-0.2, 0) is 30.5 Å². The van der Waals surface area contributed by atoms with Gasteiger partial charge in [0.15, 0.2) is 0 Å². The molecule has 40 heavy (non-hydrogen) atoms. The number of carbonyl (C=O) groups is 3. The first-order valence-electron chi connectivity index (χ1n) is 14.0. The van der Waals surface area contributed by atoms with Gasteiger partial charge >= 0.3 is 5.97 Å². The number of ether oxygens (including phenoxy) is 2. The summed E-state index contributed by atoms with van der Waals surface area (Å²) in [6, 6.07) is 6.59. The topological polar surface area (TPSA) is 127 Å². The smallest absolute Gasteiger partial charge is 0.312 e. The van der Waals surface area contributed by atoms with Crippen molar-refractivity contribution in [3.63, 3.8) is 0 Å². The van der Waals surface area contributed by atoms with Gasteiger partial charge in [-0.25, -0.2) is 4.68 Å². The Bertz CT molecular complexity index is 1270. The number of aromatic nitrogens is 3. The van der Waals surface area contributed by atoms with Gasteiger partial charge in [0.25, 0.3) is 0 Å². The fourth-order valence-electron chi connectivity index (χ4n) is 6.63. The summed E-state index contributed by atoms with van der Waals surface area (Å²) in [7, 11) is 0. The molecule has 2 amide bonds. The molecule has 3 aliphatic heterocycles. The maximum atomic E-state index is 14.5. The number of aliphatic hydroxyl groups excluding tert-OH is 1. The Morgan fingerprint density at radius 2 is 2.08 bits per heavy atom. The molecule has 3 aliphatic rings. The molecule has 216 valence electrons. The number of aliphatic hydroxyl groups is 1. The number of esters is 1. The van der Waals surface area contributed by atoms with E-state index in [1.165, 1.54) is 0 Å². The quantitative estimate of drug-likeness (QED) is 0.157. The number of amides is 2. The van der Waals surface area contributed by atoms with Crippen LogP contribution < -0.4 is 0 Å². The average Bonchev–Trinajstić information content (AvgIpc) is 3.66. The molecule has 0 radical (unpaired) electrons. The van der Waals surface area contributed by atoms with E-state index in [1.807, 2.05) is 24.3 Å². The largest absolute Gasteiger partial charge is 0.466 e. The van der Waals surface area contributed by atoms with Crippen molar-refractivity contribution < 1.29 is 29.0 Å². The second-order valence-electron chi connectivity index (χ2n) is 10.7. The fourth-order valence-corrected chi connectivity index (χ4v) is 7.58. The first kappa shape index (κ1) is 28.7. The van der Waals surface area contributed by atoms with Gasteiger partial charge in [-0.2, -0.15) is 0 Å². The van der Waals surface area contributed by atoms with Crippen molar-refractivity contribution >= 4 is 44.7 Å². The van der Waals surface area contributed by atoms with E-state index < -0.39 is 35.6 Å². The van der Waals surface area contributed by atoms with Crippen LogP contribution >= 0.6 is 15.9 Å². The van der Waals surface area contributed by atoms with Crippen LogP contribution in [0.3, 0.4) is 0 Å². The van der Waals surface area contributed by atoms with Gasteiger partial charge in [0.1, 0.15) is 23.8 Å². The maximum Gasteiger partial charge on any atom is 0.312 e. The summed E-state index contributed by atoms with van der Waals surface area (Å²) in [6.45, 7) is 6.59. The first-order valence-corrected chi connectivity index (χ1v) is 14.9. The highest BCUT2D eigenvalue weighted by molar-refractivity contribution is 9.09. The summed E-state index contributed by atoms with van der Waals surface area (Å²) in [4.78, 5) is 44.7. The summed E-state index contributed by atoms with van der Waals surface area (Å²) < 4.78 is 13.6. The number of nitrogens with zero attached hydrogens (tertiary/aromatic N) is 5. The molecule has 1 spiro atoms. The Labute approximate surface area is 241 Å². The molecule has 3 fully saturated rings. The van der Waals surface area contributed by atoms with Crippen LogP contribution in [0.2, 0.25) is 0 Å². The maximum absolute atomic E-state index is 14.5. The van der Waals surface area contributed by atoms with Gasteiger partial charge in [-0.15, -0.1) is 11.7 Å². The normalized spacial score (nSPS) is 28.7. The number of fused-ring (bicyclic) bond motifs is 2. The molecular weight excluding hydrogens is 582 g/mol. The molecule has 0 aliphatic carbocycles. The molecule has 1 aromatic heterocycles. The standard InChI is InChI=1S/C28H36BrN5O6/c1-3-13-32(17-34-20-12-8-7-11-19(20)30-31-34)26(37)24-28-16-18(29)23(40-28)21(27(38)39-4-2)22(28)25(36)33(24)14-9-5-6-10-15-35/h3,7-8,11-12,18,21-24,35H,1,4-6,9-10,13-17H2,2H3/t18?,21-,22+,23-,24-,28+/m0/s1. The molecular formula is C28H36BrN5O6. The number of benzene rings is 1. The Kier molecular flexibility index (Phi) is 8.58. The third kappa shape index (κ3) is 4.83. The van der Waals surface area contributed by atoms with E-state index in [1.54, 1.807) is 27.5 Å². The molecule has 1 unspecified atom stereocenters. The van der Waals surface area contributed by atoms with E-state index in [2.05, 4.69) is 32.8 Å². The Morgan fingerprint density at radius 3 is 2.83 bits per heavy atom. The van der Waals surface area contributed by atoms with Crippen LogP contribution in [0.15, 0.2) is 36.9 Å². The van der Waals surface area contributed by atoms with Crippen LogP contribution in [0.1, 0.15) is 39.0 Å². The van der Waals surface area contributed by atoms with Gasteiger partial charge in [0, 0.05) is 24.5 Å². The SMILES string of the molecule is C=CCN(Cn1nnc2ccccc21)C(=O)[C@@H]1N(CCCCCCO)C(=O)[C@H]2[C@H](C(=O)OCC)[C@H]3O[C@@]12CC3Br. The molecule has 12 heteroatoms. The Morgan fingerprint density at radius 1 is 1.30 bits per heavy atom. The highest BCUT2D eigenvalue weighted by Crippen LogP contribution is 2.60. The van der Waals surface area contributed by atoms with Crippen LogP contribution in [0.4, 0.5) is 0 Å². The lowest BCUT2D eigenvalue weighted by molar-refractivity contribution is -0.155. The highest BCUT2D eigenvalue weighted by atomic mass is 79.9. The van der Waals surface area contributed by atoms with Crippen LogP contribution in [0, 0.1) is 11.8 Å². The molecule has 2 bridgehead atoms. The lowest BCUT2D eigenvalue weighted by atomic mass is 9.70. The summed E-state index contributed by atoms with van der Waals surface area (Å²) in [5.74, 6) is -2.58. The number of likely N-dealkylation sites (tertiary alicyclic amines) is 1. The van der Waals surface area contributed by atoms with E-state index >= 15 is 0 Å². The minimum Gasteiger partial charge on any atom is -0.466 e. The fraction of sp³-hybridized carbons (Fsp3) is 0.607. The average molecular weight is 619 g/mol. The van der Waals surface area contributed by atoms with E-state index in [-0.39, 0.29) is 43.1 Å². The predicted molar refractivity (Wildman–Crippen MR) is 149 cm³/mol. The van der Waals surface area contributed by atoms with Gasteiger partial charge in [0.05, 0.1) is 30.1 Å². The van der Waals surface area contributed by atoms with E-state index in [4.69, 9.17) is 14.6 Å². The molecule has 11 nitrogen and oxygen atoms in total. The number of rotatable bonds is 13. The van der Waals surface area contributed by atoms with Gasteiger partial charge < -0.3 is 24.4 Å². The second-order valence-corrected chi connectivity index (χ2v) is 11.8. The van der Waals surface area contributed by atoms with Crippen LogP contribution in [-0.4, -0.2) is 96.6 Å². The zero-order chi connectivity index (χ0) is 28.4. The van der Waals surface area contributed by atoms with Gasteiger partial charge in [-0.1, -0.05) is 52.2 Å². The van der Waals surface area contributed by atoms with Crippen molar-refractivity contribution in [3.8, 4) is 0 Å². The molecule has 0 saturated carbocycles. The van der Waals surface area contributed by atoms with Crippen molar-refractivity contribution in [3.05, 3.63) is 36.9 Å².